The molecule has 6 rings (SSSR count). The zero-order valence-electron chi connectivity index (χ0n) is 16.8. The first-order valence-electron chi connectivity index (χ1n) is 10.2. The molecule has 0 atom stereocenters. The maximum Gasteiger partial charge on any atom is 0.262 e. The van der Waals surface area contributed by atoms with Gasteiger partial charge in [0.15, 0.2) is 11.0 Å². The zero-order valence-corrected chi connectivity index (χ0v) is 18.4. The number of fused-ring (bicyclic) bond motifs is 3. The number of aryl methyl sites for hydroxylation is 1. The van der Waals surface area contributed by atoms with Gasteiger partial charge in [0.2, 0.25) is 5.78 Å². The predicted molar refractivity (Wildman–Crippen MR) is 122 cm³/mol. The van der Waals surface area contributed by atoms with Gasteiger partial charge in [-0.1, -0.05) is 30.0 Å². The Labute approximate surface area is 185 Å². The third-order valence-corrected chi connectivity index (χ3v) is 7.34. The second-order valence-electron chi connectivity index (χ2n) is 7.49. The molecule has 4 heterocycles. The summed E-state index contributed by atoms with van der Waals surface area (Å²) in [6, 6.07) is 12.2. The van der Waals surface area contributed by atoms with Gasteiger partial charge in [0, 0.05) is 12.6 Å². The molecule has 0 spiro atoms. The number of para-hydroxylation sites is 1. The normalized spacial score (nSPS) is 14.1. The minimum Gasteiger partial charge on any atom is -0.298 e. The van der Waals surface area contributed by atoms with Crippen LogP contribution in [0.2, 0.25) is 0 Å². The summed E-state index contributed by atoms with van der Waals surface area (Å²) in [5.41, 5.74) is 0.794. The number of rotatable bonds is 6. The van der Waals surface area contributed by atoms with E-state index in [1.807, 2.05) is 41.7 Å². The van der Waals surface area contributed by atoms with E-state index in [1.54, 1.807) is 27.7 Å². The Morgan fingerprint density at radius 1 is 1.10 bits per heavy atom. The quantitative estimate of drug-likeness (QED) is 0.364. The fourth-order valence-corrected chi connectivity index (χ4v) is 5.56. The molecule has 1 saturated carbocycles. The van der Waals surface area contributed by atoms with E-state index in [1.165, 1.54) is 0 Å². The average Bonchev–Trinajstić information content (AvgIpc) is 3.19. The molecular formula is C21H19N7OS2. The monoisotopic (exact) mass is 449 g/mol. The van der Waals surface area contributed by atoms with Crippen molar-refractivity contribution in [2.24, 2.45) is 0 Å². The minimum absolute atomic E-state index is 0.0359. The highest BCUT2D eigenvalue weighted by Crippen LogP contribution is 2.42. The Kier molecular flexibility index (Phi) is 4.43. The number of hydrogen-bond donors (Lipinski definition) is 0. The van der Waals surface area contributed by atoms with Crippen molar-refractivity contribution in [2.75, 3.05) is 0 Å². The highest BCUT2D eigenvalue weighted by Gasteiger charge is 2.30. The fourth-order valence-electron chi connectivity index (χ4n) is 3.93. The molecule has 0 unspecified atom stereocenters. The molecule has 0 aliphatic heterocycles. The maximum atomic E-state index is 12.9. The van der Waals surface area contributed by atoms with Gasteiger partial charge in [0.25, 0.3) is 5.56 Å². The highest BCUT2D eigenvalue weighted by atomic mass is 32.2. The van der Waals surface area contributed by atoms with Gasteiger partial charge < -0.3 is 0 Å². The van der Waals surface area contributed by atoms with Crippen molar-refractivity contribution in [2.45, 2.75) is 43.3 Å². The Morgan fingerprint density at radius 2 is 1.97 bits per heavy atom. The van der Waals surface area contributed by atoms with E-state index in [0.717, 1.165) is 40.0 Å². The second-order valence-corrected chi connectivity index (χ2v) is 9.38. The summed E-state index contributed by atoms with van der Waals surface area (Å²) < 4.78 is 5.93. The van der Waals surface area contributed by atoms with Gasteiger partial charge in [-0.25, -0.2) is 0 Å². The number of aromatic nitrogens is 7. The minimum atomic E-state index is -0.0359. The Bertz CT molecular complexity index is 1460. The van der Waals surface area contributed by atoms with Gasteiger partial charge in [-0.15, -0.1) is 31.7 Å². The Morgan fingerprint density at radius 3 is 2.74 bits per heavy atom. The lowest BCUT2D eigenvalue weighted by Gasteiger charge is -2.10. The molecule has 31 heavy (non-hydrogen) atoms. The van der Waals surface area contributed by atoms with Crippen molar-refractivity contribution in [1.29, 1.82) is 0 Å². The number of thioether (sulfide) groups is 1. The van der Waals surface area contributed by atoms with Crippen LogP contribution in [-0.2, 0) is 12.3 Å². The van der Waals surface area contributed by atoms with E-state index in [2.05, 4.69) is 36.4 Å². The molecule has 0 amide bonds. The van der Waals surface area contributed by atoms with Crippen molar-refractivity contribution in [3.8, 4) is 10.7 Å². The van der Waals surface area contributed by atoms with E-state index < -0.39 is 0 Å². The van der Waals surface area contributed by atoms with E-state index >= 15 is 0 Å². The van der Waals surface area contributed by atoms with Crippen LogP contribution in [-0.4, -0.2) is 33.9 Å². The molecule has 0 N–H and O–H groups in total. The molecule has 1 aromatic carbocycles. The molecule has 8 nitrogen and oxygen atoms in total. The lowest BCUT2D eigenvalue weighted by atomic mass is 10.2. The molecule has 0 saturated heterocycles. The van der Waals surface area contributed by atoms with Crippen LogP contribution in [0, 0.1) is 0 Å². The topological polar surface area (TPSA) is 82.9 Å². The molecule has 10 heteroatoms. The molecule has 4 aromatic heterocycles. The van der Waals surface area contributed by atoms with Gasteiger partial charge in [-0.05, 0) is 43.3 Å². The summed E-state index contributed by atoms with van der Waals surface area (Å²) in [5.74, 6) is 2.89. The molecule has 5 aromatic rings. The predicted octanol–water partition coefficient (Wildman–Crippen LogP) is 4.01. The summed E-state index contributed by atoms with van der Waals surface area (Å²) in [5, 5.41) is 21.4. The van der Waals surface area contributed by atoms with Gasteiger partial charge in [-0.2, -0.15) is 0 Å². The third kappa shape index (κ3) is 3.01. The van der Waals surface area contributed by atoms with Crippen LogP contribution < -0.4 is 5.56 Å². The van der Waals surface area contributed by atoms with Crippen LogP contribution >= 0.6 is 23.1 Å². The number of nitrogens with zero attached hydrogens (tertiary/aromatic N) is 7. The molecule has 1 fully saturated rings. The van der Waals surface area contributed by atoms with Crippen LogP contribution in [0.1, 0.15) is 31.6 Å². The summed E-state index contributed by atoms with van der Waals surface area (Å²) in [6.45, 7) is 2.49. The molecular weight excluding hydrogens is 430 g/mol. The first-order chi connectivity index (χ1) is 15.3. The van der Waals surface area contributed by atoms with Gasteiger partial charge in [0.1, 0.15) is 5.82 Å². The number of hydrogen-bond acceptors (Lipinski definition) is 7. The van der Waals surface area contributed by atoms with E-state index in [-0.39, 0.29) is 5.56 Å². The molecule has 1 aliphatic rings. The lowest BCUT2D eigenvalue weighted by Crippen LogP contribution is -2.22. The zero-order chi connectivity index (χ0) is 20.9. The van der Waals surface area contributed by atoms with Crippen molar-refractivity contribution < 1.29 is 0 Å². The summed E-state index contributed by atoms with van der Waals surface area (Å²) >= 11 is 3.30. The second kappa shape index (κ2) is 7.31. The van der Waals surface area contributed by atoms with Gasteiger partial charge in [0.05, 0.1) is 21.5 Å². The largest absolute Gasteiger partial charge is 0.298 e. The van der Waals surface area contributed by atoms with Crippen molar-refractivity contribution in [1.82, 2.24) is 33.9 Å². The van der Waals surface area contributed by atoms with Crippen LogP contribution in [0.15, 0.2) is 51.7 Å². The van der Waals surface area contributed by atoms with E-state index in [0.29, 0.717) is 29.5 Å². The highest BCUT2D eigenvalue weighted by molar-refractivity contribution is 7.98. The van der Waals surface area contributed by atoms with Crippen molar-refractivity contribution in [3.63, 3.8) is 0 Å². The SMILES string of the molecule is CCn1c(=O)c2ccccc2n2c(CSc3nnc(-c4cccs4)n3C3CC3)nnc12. The van der Waals surface area contributed by atoms with Crippen LogP contribution in [0.5, 0.6) is 0 Å². The molecule has 1 aliphatic carbocycles. The van der Waals surface area contributed by atoms with Crippen LogP contribution in [0.4, 0.5) is 0 Å². The molecule has 0 radical (unpaired) electrons. The van der Waals surface area contributed by atoms with Crippen LogP contribution in [0.3, 0.4) is 0 Å². The van der Waals surface area contributed by atoms with Crippen LogP contribution in [0.25, 0.3) is 27.4 Å². The molecule has 156 valence electrons. The Balaban J connectivity index is 1.42. The third-order valence-electron chi connectivity index (χ3n) is 5.54. The Hall–Kier alpha value is -2.98. The number of benzene rings is 1. The summed E-state index contributed by atoms with van der Waals surface area (Å²) in [4.78, 5) is 14.0. The van der Waals surface area contributed by atoms with Crippen molar-refractivity contribution >= 4 is 39.8 Å². The number of thiophene rings is 1. The standard InChI is InChI=1S/C21H19N7OS2/c1-2-26-19(29)14-6-3-4-7-15(14)28-17(22-24-20(26)28)12-31-21-25-23-18(16-8-5-11-30-16)27(21)13-9-10-13/h3-8,11,13H,2,9-10,12H2,1H3. The maximum absolute atomic E-state index is 12.9. The van der Waals surface area contributed by atoms with Gasteiger partial charge >= 0.3 is 0 Å². The molecule has 0 bridgehead atoms. The van der Waals surface area contributed by atoms with Crippen molar-refractivity contribution in [3.05, 3.63) is 58.0 Å². The fraction of sp³-hybridized carbons (Fsp3) is 0.286. The smallest absolute Gasteiger partial charge is 0.262 e. The lowest BCUT2D eigenvalue weighted by molar-refractivity contribution is 0.669. The van der Waals surface area contributed by atoms with Gasteiger partial charge in [-0.3, -0.25) is 18.3 Å². The van der Waals surface area contributed by atoms with E-state index in [9.17, 15) is 4.79 Å². The first-order valence-corrected chi connectivity index (χ1v) is 12.1. The summed E-state index contributed by atoms with van der Waals surface area (Å²) in [6.07, 6.45) is 2.32. The summed E-state index contributed by atoms with van der Waals surface area (Å²) in [7, 11) is 0. The first kappa shape index (κ1) is 18.8. The van der Waals surface area contributed by atoms with E-state index in [4.69, 9.17) is 0 Å². The average molecular weight is 450 g/mol.